The summed E-state index contributed by atoms with van der Waals surface area (Å²) >= 11 is 7.34. The van der Waals surface area contributed by atoms with E-state index < -0.39 is 0 Å². The first-order chi connectivity index (χ1) is 14.1. The average molecular weight is 427 g/mol. The first-order valence-electron chi connectivity index (χ1n) is 8.59. The Morgan fingerprint density at radius 1 is 1.21 bits per heavy atom. The summed E-state index contributed by atoms with van der Waals surface area (Å²) in [5, 5.41) is 20.0. The monoisotopic (exact) mass is 426 g/mol. The molecule has 0 radical (unpaired) electrons. The molecule has 29 heavy (non-hydrogen) atoms. The van der Waals surface area contributed by atoms with Crippen LogP contribution in [-0.4, -0.2) is 31.3 Å². The van der Waals surface area contributed by atoms with Gasteiger partial charge in [0.25, 0.3) is 0 Å². The van der Waals surface area contributed by atoms with Crippen molar-refractivity contribution in [3.05, 3.63) is 65.4 Å². The standard InChI is InChI=1S/C19H15ClN6O2S/c1-12(27)21-15-3-2-4-16(9-15)26-19(22-24-25-26)29-11-17-10-18(23-28-17)13-5-7-14(20)8-6-13/h2-10H,11H2,1H3,(H,21,27). The third-order valence-corrected chi connectivity index (χ3v) is 5.09. The second-order valence-electron chi connectivity index (χ2n) is 6.08. The van der Waals surface area contributed by atoms with Crippen LogP contribution in [0.1, 0.15) is 12.7 Å². The van der Waals surface area contributed by atoms with Crippen molar-refractivity contribution >= 4 is 35.0 Å². The Morgan fingerprint density at radius 2 is 2.03 bits per heavy atom. The van der Waals surface area contributed by atoms with Crippen LogP contribution in [0.25, 0.3) is 16.9 Å². The molecule has 2 heterocycles. The largest absolute Gasteiger partial charge is 0.360 e. The number of tetrazole rings is 1. The molecule has 0 aliphatic heterocycles. The van der Waals surface area contributed by atoms with Crippen LogP contribution >= 0.6 is 23.4 Å². The number of aromatic nitrogens is 5. The van der Waals surface area contributed by atoms with Gasteiger partial charge in [0.05, 0.1) is 11.4 Å². The van der Waals surface area contributed by atoms with Gasteiger partial charge in [0.15, 0.2) is 0 Å². The molecular formula is C19H15ClN6O2S. The Labute approximate surface area is 175 Å². The number of rotatable bonds is 6. The molecular weight excluding hydrogens is 412 g/mol. The lowest BCUT2D eigenvalue weighted by molar-refractivity contribution is -0.114. The number of thioether (sulfide) groups is 1. The zero-order chi connectivity index (χ0) is 20.2. The van der Waals surface area contributed by atoms with Gasteiger partial charge in [0, 0.05) is 29.3 Å². The topological polar surface area (TPSA) is 98.7 Å². The van der Waals surface area contributed by atoms with Crippen molar-refractivity contribution in [3.8, 4) is 16.9 Å². The minimum atomic E-state index is -0.143. The van der Waals surface area contributed by atoms with E-state index >= 15 is 0 Å². The van der Waals surface area contributed by atoms with Gasteiger partial charge < -0.3 is 9.84 Å². The average Bonchev–Trinajstić information content (AvgIpc) is 3.36. The molecule has 1 amide bonds. The van der Waals surface area contributed by atoms with Crippen LogP contribution in [0.3, 0.4) is 0 Å². The van der Waals surface area contributed by atoms with E-state index in [0.29, 0.717) is 27.4 Å². The predicted octanol–water partition coefficient (Wildman–Crippen LogP) is 4.22. The van der Waals surface area contributed by atoms with Crippen molar-refractivity contribution in [1.82, 2.24) is 25.4 Å². The third-order valence-electron chi connectivity index (χ3n) is 3.89. The lowest BCUT2D eigenvalue weighted by Crippen LogP contribution is -2.07. The van der Waals surface area contributed by atoms with Crippen LogP contribution < -0.4 is 5.32 Å². The maximum atomic E-state index is 11.3. The number of carbonyl (C=O) groups is 1. The molecule has 2 aromatic carbocycles. The summed E-state index contributed by atoms with van der Waals surface area (Å²) in [6.07, 6.45) is 0. The zero-order valence-corrected chi connectivity index (χ0v) is 16.8. The number of benzene rings is 2. The normalized spacial score (nSPS) is 10.8. The first kappa shape index (κ1) is 19.2. The van der Waals surface area contributed by atoms with Crippen molar-refractivity contribution in [2.45, 2.75) is 17.8 Å². The van der Waals surface area contributed by atoms with Gasteiger partial charge in [-0.3, -0.25) is 4.79 Å². The summed E-state index contributed by atoms with van der Waals surface area (Å²) in [6, 6.07) is 16.6. The quantitative estimate of drug-likeness (QED) is 0.461. The number of carbonyl (C=O) groups excluding carboxylic acids is 1. The summed E-state index contributed by atoms with van der Waals surface area (Å²) in [7, 11) is 0. The lowest BCUT2D eigenvalue weighted by Gasteiger charge is -2.06. The highest BCUT2D eigenvalue weighted by atomic mass is 35.5. The third kappa shape index (κ3) is 4.64. The van der Waals surface area contributed by atoms with Gasteiger partial charge in [-0.05, 0) is 40.8 Å². The van der Waals surface area contributed by atoms with Crippen LogP contribution in [0, 0.1) is 0 Å². The molecule has 0 saturated carbocycles. The number of amides is 1. The number of hydrogen-bond acceptors (Lipinski definition) is 7. The zero-order valence-electron chi connectivity index (χ0n) is 15.2. The second-order valence-corrected chi connectivity index (χ2v) is 7.46. The first-order valence-corrected chi connectivity index (χ1v) is 9.95. The summed E-state index contributed by atoms with van der Waals surface area (Å²) in [6.45, 7) is 1.46. The van der Waals surface area contributed by atoms with E-state index in [2.05, 4.69) is 26.0 Å². The van der Waals surface area contributed by atoms with E-state index in [0.717, 1.165) is 16.9 Å². The summed E-state index contributed by atoms with van der Waals surface area (Å²) in [5.41, 5.74) is 3.07. The summed E-state index contributed by atoms with van der Waals surface area (Å²) in [5.74, 6) is 1.06. The number of hydrogen-bond donors (Lipinski definition) is 1. The van der Waals surface area contributed by atoms with Crippen molar-refractivity contribution in [3.63, 3.8) is 0 Å². The lowest BCUT2D eigenvalue weighted by atomic mass is 10.1. The Kier molecular flexibility index (Phi) is 5.59. The van der Waals surface area contributed by atoms with Crippen LogP contribution in [0.15, 0.2) is 64.3 Å². The van der Waals surface area contributed by atoms with Gasteiger partial charge in [-0.15, -0.1) is 5.10 Å². The van der Waals surface area contributed by atoms with Crippen molar-refractivity contribution in [2.24, 2.45) is 0 Å². The second kappa shape index (κ2) is 8.46. The van der Waals surface area contributed by atoms with Gasteiger partial charge in [-0.2, -0.15) is 4.68 Å². The number of halogens is 1. The SMILES string of the molecule is CC(=O)Nc1cccc(-n2nnnc2SCc2cc(-c3ccc(Cl)cc3)no2)c1. The number of anilines is 1. The molecule has 0 saturated heterocycles. The molecule has 2 aromatic heterocycles. The Bertz CT molecular complexity index is 1140. The van der Waals surface area contributed by atoms with Crippen molar-refractivity contribution in [2.75, 3.05) is 5.32 Å². The van der Waals surface area contributed by atoms with Crippen molar-refractivity contribution in [1.29, 1.82) is 0 Å². The van der Waals surface area contributed by atoms with Gasteiger partial charge in [-0.1, -0.05) is 46.7 Å². The minimum absolute atomic E-state index is 0.143. The van der Waals surface area contributed by atoms with E-state index in [1.54, 1.807) is 16.8 Å². The van der Waals surface area contributed by atoms with Crippen LogP contribution in [-0.2, 0) is 10.5 Å². The molecule has 0 atom stereocenters. The fourth-order valence-corrected chi connectivity index (χ4v) is 3.51. The molecule has 4 rings (SSSR count). The van der Waals surface area contributed by atoms with Crippen molar-refractivity contribution < 1.29 is 9.32 Å². The van der Waals surface area contributed by atoms with E-state index in [4.69, 9.17) is 16.1 Å². The van der Waals surface area contributed by atoms with E-state index in [1.165, 1.54) is 18.7 Å². The molecule has 146 valence electrons. The number of nitrogens with one attached hydrogen (secondary N) is 1. The molecule has 0 spiro atoms. The maximum Gasteiger partial charge on any atom is 0.221 e. The molecule has 0 fully saturated rings. The van der Waals surface area contributed by atoms with Crippen LogP contribution in [0.2, 0.25) is 5.02 Å². The van der Waals surface area contributed by atoms with E-state index in [9.17, 15) is 4.79 Å². The predicted molar refractivity (Wildman–Crippen MR) is 110 cm³/mol. The van der Waals surface area contributed by atoms with E-state index in [-0.39, 0.29) is 5.91 Å². The molecule has 8 nitrogen and oxygen atoms in total. The van der Waals surface area contributed by atoms with Gasteiger partial charge >= 0.3 is 0 Å². The minimum Gasteiger partial charge on any atom is -0.360 e. The highest BCUT2D eigenvalue weighted by Gasteiger charge is 2.13. The molecule has 0 aliphatic carbocycles. The Morgan fingerprint density at radius 3 is 2.83 bits per heavy atom. The molecule has 0 unspecified atom stereocenters. The van der Waals surface area contributed by atoms with Gasteiger partial charge in [-0.25, -0.2) is 0 Å². The number of nitrogens with zero attached hydrogens (tertiary/aromatic N) is 5. The van der Waals surface area contributed by atoms with Crippen LogP contribution in [0.4, 0.5) is 5.69 Å². The van der Waals surface area contributed by atoms with E-state index in [1.807, 2.05) is 42.5 Å². The Balaban J connectivity index is 1.48. The summed E-state index contributed by atoms with van der Waals surface area (Å²) in [4.78, 5) is 11.3. The molecule has 10 heteroatoms. The fourth-order valence-electron chi connectivity index (χ4n) is 2.62. The molecule has 4 aromatic rings. The van der Waals surface area contributed by atoms with Gasteiger partial charge in [0.1, 0.15) is 11.5 Å². The van der Waals surface area contributed by atoms with Crippen LogP contribution in [0.5, 0.6) is 0 Å². The molecule has 0 bridgehead atoms. The summed E-state index contributed by atoms with van der Waals surface area (Å²) < 4.78 is 7.03. The highest BCUT2D eigenvalue weighted by molar-refractivity contribution is 7.98. The molecule has 1 N–H and O–H groups in total. The highest BCUT2D eigenvalue weighted by Crippen LogP contribution is 2.27. The fraction of sp³-hybridized carbons (Fsp3) is 0.105. The van der Waals surface area contributed by atoms with Gasteiger partial charge in [0.2, 0.25) is 11.1 Å². The Hall–Kier alpha value is -3.17. The smallest absolute Gasteiger partial charge is 0.221 e. The molecule has 0 aliphatic rings. The maximum absolute atomic E-state index is 11.3.